The second kappa shape index (κ2) is 5.09. The third-order valence-electron chi connectivity index (χ3n) is 1.22. The fourth-order valence-electron chi connectivity index (χ4n) is 0.666. The molecule has 0 aliphatic heterocycles. The topological polar surface area (TPSA) is 64.3 Å². The summed E-state index contributed by atoms with van der Waals surface area (Å²) in [5.41, 5.74) is 5.33. The summed E-state index contributed by atoms with van der Waals surface area (Å²) in [4.78, 5) is 10.9. The summed E-state index contributed by atoms with van der Waals surface area (Å²) in [6, 6.07) is -0.423. The lowest BCUT2D eigenvalue weighted by Crippen LogP contribution is -2.44. The third-order valence-corrected chi connectivity index (χ3v) is 1.22. The number of carbonyl (C=O) groups excluding carboxylic acids is 1. The SMILES string of the molecule is COCC(C)NC(=O)[C@H](C)N. The Morgan fingerprint density at radius 2 is 2.18 bits per heavy atom. The van der Waals surface area contributed by atoms with E-state index in [1.54, 1.807) is 14.0 Å². The van der Waals surface area contributed by atoms with Gasteiger partial charge in [-0.25, -0.2) is 0 Å². The maximum atomic E-state index is 10.9. The van der Waals surface area contributed by atoms with Crippen LogP contribution >= 0.6 is 0 Å². The van der Waals surface area contributed by atoms with Crippen LogP contribution in [0.4, 0.5) is 0 Å². The molecule has 0 bridgehead atoms. The summed E-state index contributed by atoms with van der Waals surface area (Å²) in [7, 11) is 1.59. The zero-order chi connectivity index (χ0) is 8.85. The lowest BCUT2D eigenvalue weighted by molar-refractivity contribution is -0.122. The van der Waals surface area contributed by atoms with E-state index in [0.717, 1.165) is 0 Å². The number of amides is 1. The Morgan fingerprint density at radius 1 is 1.64 bits per heavy atom. The van der Waals surface area contributed by atoms with E-state index in [1.165, 1.54) is 0 Å². The van der Waals surface area contributed by atoms with Gasteiger partial charge in [0.15, 0.2) is 0 Å². The Labute approximate surface area is 67.1 Å². The Bertz CT molecular complexity index is 126. The first-order valence-electron chi connectivity index (χ1n) is 3.62. The van der Waals surface area contributed by atoms with E-state index in [0.29, 0.717) is 6.61 Å². The Kier molecular flexibility index (Phi) is 4.81. The lowest BCUT2D eigenvalue weighted by atomic mass is 10.3. The van der Waals surface area contributed by atoms with E-state index < -0.39 is 6.04 Å². The molecule has 0 aliphatic carbocycles. The van der Waals surface area contributed by atoms with Crippen molar-refractivity contribution in [3.8, 4) is 0 Å². The highest BCUT2D eigenvalue weighted by molar-refractivity contribution is 5.81. The molecule has 66 valence electrons. The third kappa shape index (κ3) is 4.75. The number of hydrogen-bond donors (Lipinski definition) is 2. The zero-order valence-corrected chi connectivity index (χ0v) is 7.26. The highest BCUT2D eigenvalue weighted by Crippen LogP contribution is 1.83. The van der Waals surface area contributed by atoms with Gasteiger partial charge in [-0.1, -0.05) is 0 Å². The van der Waals surface area contributed by atoms with Crippen molar-refractivity contribution in [3.63, 3.8) is 0 Å². The number of nitrogens with one attached hydrogen (secondary N) is 1. The molecule has 3 N–H and O–H groups in total. The van der Waals surface area contributed by atoms with Crippen LogP contribution in [0.25, 0.3) is 0 Å². The standard InChI is InChI=1S/C7H16N2O2/c1-5(4-11-3)9-7(10)6(2)8/h5-6H,4,8H2,1-3H3,(H,9,10)/t5?,6-/m0/s1. The van der Waals surface area contributed by atoms with Crippen LogP contribution in [0.1, 0.15) is 13.8 Å². The number of ether oxygens (including phenoxy) is 1. The van der Waals surface area contributed by atoms with Crippen molar-refractivity contribution in [1.82, 2.24) is 5.32 Å². The van der Waals surface area contributed by atoms with E-state index >= 15 is 0 Å². The molecule has 0 aromatic rings. The maximum Gasteiger partial charge on any atom is 0.236 e. The van der Waals surface area contributed by atoms with Crippen LogP contribution in [0.2, 0.25) is 0 Å². The summed E-state index contributed by atoms with van der Waals surface area (Å²) in [5.74, 6) is -0.144. The van der Waals surface area contributed by atoms with Crippen LogP contribution in [0.5, 0.6) is 0 Å². The lowest BCUT2D eigenvalue weighted by Gasteiger charge is -2.13. The Hall–Kier alpha value is -0.610. The van der Waals surface area contributed by atoms with Crippen molar-refractivity contribution >= 4 is 5.91 Å². The van der Waals surface area contributed by atoms with Gasteiger partial charge in [0, 0.05) is 13.2 Å². The molecule has 0 saturated heterocycles. The molecule has 1 amide bonds. The van der Waals surface area contributed by atoms with E-state index in [4.69, 9.17) is 10.5 Å². The maximum absolute atomic E-state index is 10.9. The summed E-state index contributed by atoms with van der Waals surface area (Å²) >= 11 is 0. The van der Waals surface area contributed by atoms with Crippen molar-refractivity contribution in [2.24, 2.45) is 5.73 Å². The van der Waals surface area contributed by atoms with Gasteiger partial charge in [0.05, 0.1) is 12.6 Å². The first-order chi connectivity index (χ1) is 5.07. The molecule has 0 rings (SSSR count). The number of rotatable bonds is 4. The summed E-state index contributed by atoms with van der Waals surface area (Å²) in [6.07, 6.45) is 0. The van der Waals surface area contributed by atoms with Gasteiger partial charge in [-0.3, -0.25) is 4.79 Å². The molecular weight excluding hydrogens is 144 g/mol. The minimum Gasteiger partial charge on any atom is -0.383 e. The van der Waals surface area contributed by atoms with Gasteiger partial charge >= 0.3 is 0 Å². The number of carbonyl (C=O) groups is 1. The minimum atomic E-state index is -0.450. The molecule has 0 heterocycles. The quantitative estimate of drug-likeness (QED) is 0.582. The van der Waals surface area contributed by atoms with Crippen molar-refractivity contribution in [3.05, 3.63) is 0 Å². The van der Waals surface area contributed by atoms with Crippen LogP contribution in [0, 0.1) is 0 Å². The van der Waals surface area contributed by atoms with Gasteiger partial charge in [-0.15, -0.1) is 0 Å². The van der Waals surface area contributed by atoms with Gasteiger partial charge in [-0.2, -0.15) is 0 Å². The van der Waals surface area contributed by atoms with E-state index in [2.05, 4.69) is 5.32 Å². The summed E-state index contributed by atoms with van der Waals surface area (Å²) in [5, 5.41) is 2.69. The van der Waals surface area contributed by atoms with Crippen LogP contribution < -0.4 is 11.1 Å². The second-order valence-corrected chi connectivity index (χ2v) is 2.65. The molecular formula is C7H16N2O2. The van der Waals surface area contributed by atoms with Gasteiger partial charge in [0.2, 0.25) is 5.91 Å². The van der Waals surface area contributed by atoms with Gasteiger partial charge < -0.3 is 15.8 Å². The molecule has 11 heavy (non-hydrogen) atoms. The molecule has 2 atom stereocenters. The predicted octanol–water partition coefficient (Wildman–Crippen LogP) is -0.515. The average Bonchev–Trinajstić information content (AvgIpc) is 1.87. The normalized spacial score (nSPS) is 15.6. The highest BCUT2D eigenvalue weighted by atomic mass is 16.5. The van der Waals surface area contributed by atoms with E-state index in [1.807, 2.05) is 6.92 Å². The Balaban J connectivity index is 3.57. The fourth-order valence-corrected chi connectivity index (χ4v) is 0.666. The molecule has 0 aromatic carbocycles. The second-order valence-electron chi connectivity index (χ2n) is 2.65. The number of methoxy groups -OCH3 is 1. The largest absolute Gasteiger partial charge is 0.383 e. The molecule has 0 saturated carbocycles. The molecule has 0 spiro atoms. The predicted molar refractivity (Wildman–Crippen MR) is 43.1 cm³/mol. The monoisotopic (exact) mass is 160 g/mol. The van der Waals surface area contributed by atoms with Gasteiger partial charge in [0.1, 0.15) is 0 Å². The molecule has 0 fully saturated rings. The van der Waals surface area contributed by atoms with Crippen LogP contribution in [-0.4, -0.2) is 31.7 Å². The molecule has 0 radical (unpaired) electrons. The summed E-state index contributed by atoms with van der Waals surface area (Å²) < 4.78 is 4.83. The number of hydrogen-bond acceptors (Lipinski definition) is 3. The zero-order valence-electron chi connectivity index (χ0n) is 7.26. The first kappa shape index (κ1) is 10.4. The number of nitrogens with two attached hydrogens (primary N) is 1. The fraction of sp³-hybridized carbons (Fsp3) is 0.857. The van der Waals surface area contributed by atoms with E-state index in [9.17, 15) is 4.79 Å². The molecule has 0 aliphatic rings. The highest BCUT2D eigenvalue weighted by Gasteiger charge is 2.09. The minimum absolute atomic E-state index is 0.0264. The van der Waals surface area contributed by atoms with Crippen molar-refractivity contribution in [2.75, 3.05) is 13.7 Å². The first-order valence-corrected chi connectivity index (χ1v) is 3.62. The molecule has 4 heteroatoms. The molecule has 0 aromatic heterocycles. The van der Waals surface area contributed by atoms with Crippen LogP contribution in [0.3, 0.4) is 0 Å². The van der Waals surface area contributed by atoms with Crippen molar-refractivity contribution < 1.29 is 9.53 Å². The van der Waals surface area contributed by atoms with Crippen molar-refractivity contribution in [2.45, 2.75) is 25.9 Å². The van der Waals surface area contributed by atoms with Crippen LogP contribution in [0.15, 0.2) is 0 Å². The molecule has 1 unspecified atom stereocenters. The van der Waals surface area contributed by atoms with E-state index in [-0.39, 0.29) is 11.9 Å². The average molecular weight is 160 g/mol. The van der Waals surface area contributed by atoms with Crippen LogP contribution in [-0.2, 0) is 9.53 Å². The smallest absolute Gasteiger partial charge is 0.236 e. The van der Waals surface area contributed by atoms with Crippen molar-refractivity contribution in [1.29, 1.82) is 0 Å². The summed E-state index contributed by atoms with van der Waals surface area (Å²) in [6.45, 7) is 4.02. The molecule has 4 nitrogen and oxygen atoms in total. The Morgan fingerprint density at radius 3 is 2.55 bits per heavy atom. The van der Waals surface area contributed by atoms with Gasteiger partial charge in [-0.05, 0) is 13.8 Å². The van der Waals surface area contributed by atoms with Gasteiger partial charge in [0.25, 0.3) is 0 Å².